The van der Waals surface area contributed by atoms with Crippen molar-refractivity contribution < 1.29 is 24.6 Å². The molecule has 5 aromatic rings. The van der Waals surface area contributed by atoms with Crippen molar-refractivity contribution in [3.8, 4) is 17.1 Å². The van der Waals surface area contributed by atoms with Gasteiger partial charge in [-0.25, -0.2) is 14.8 Å². The third kappa shape index (κ3) is 7.18. The first-order valence-corrected chi connectivity index (χ1v) is 13.9. The number of nitrogen functional groups attached to an aromatic ring is 2. The van der Waals surface area contributed by atoms with E-state index in [1.54, 1.807) is 24.3 Å². The summed E-state index contributed by atoms with van der Waals surface area (Å²) in [5.41, 5.74) is 14.6. The Kier molecular flexibility index (Phi) is 9.06. The Balaban J connectivity index is 1.14. The number of carbonyl (C=O) groups is 3. The first kappa shape index (κ1) is 31.0. The lowest BCUT2D eigenvalue weighted by Gasteiger charge is -2.16. The number of benzene rings is 2. The van der Waals surface area contributed by atoms with E-state index in [2.05, 4.69) is 56.5 Å². The van der Waals surface area contributed by atoms with Crippen LogP contribution in [0.25, 0.3) is 22.6 Å². The molecule has 18 nitrogen and oxygen atoms in total. The molecule has 3 aromatic heterocycles. The first-order valence-electron chi connectivity index (χ1n) is 13.9. The number of rotatable bonds is 12. The van der Waals surface area contributed by atoms with E-state index in [1.807, 2.05) is 6.92 Å². The molecular formula is C28H29N13O5. The number of hydrogen-bond donors (Lipinski definition) is 8. The van der Waals surface area contributed by atoms with Crippen LogP contribution in [0.2, 0.25) is 0 Å². The van der Waals surface area contributed by atoms with E-state index >= 15 is 0 Å². The van der Waals surface area contributed by atoms with Gasteiger partial charge in [0.05, 0.1) is 29.6 Å². The number of phenolic OH excluding ortho intramolecular Hbond substituents is 1. The van der Waals surface area contributed by atoms with E-state index in [0.29, 0.717) is 28.0 Å². The number of aryl methyl sites for hydroxylation is 1. The van der Waals surface area contributed by atoms with Crippen LogP contribution in [0.1, 0.15) is 44.8 Å². The van der Waals surface area contributed by atoms with Crippen molar-refractivity contribution in [1.82, 2.24) is 51.2 Å². The van der Waals surface area contributed by atoms with Crippen LogP contribution in [0.4, 0.5) is 17.5 Å². The first-order chi connectivity index (χ1) is 22.1. The Morgan fingerprint density at radius 1 is 1.02 bits per heavy atom. The molecule has 5 rings (SSSR count). The monoisotopic (exact) mass is 627 g/mol. The Hall–Kier alpha value is -6.46. The second kappa shape index (κ2) is 13.5. The summed E-state index contributed by atoms with van der Waals surface area (Å²) in [6, 6.07) is 8.13. The maximum Gasteiger partial charge on any atom is 0.326 e. The number of fused-ring (bicyclic) bond motifs is 1. The van der Waals surface area contributed by atoms with Gasteiger partial charge in [-0.05, 0) is 49.2 Å². The standard InChI is InChI=1S/C28H29N13O5/c1-13-4-6-16(18(9-13)23-38-40-41-39-23)25(43)31-8-2-3-19(27(45)46)35-26(44)17-7-5-14(10-20(17)42)32-11-15-12-33-24-21(34-15)22(29)36-28(30)37-24/h4-7,9-10,12,19,32,42H,2-3,8,11H2,1H3,(H,31,43)(H,35,44)(H,45,46)(H,38,39,40,41)(H4,29,30,33,36,37)/t19-/m0/s1. The van der Waals surface area contributed by atoms with E-state index in [4.69, 9.17) is 11.5 Å². The van der Waals surface area contributed by atoms with Crippen LogP contribution in [-0.4, -0.2) is 81.1 Å². The number of nitrogens with two attached hydrogens (primary N) is 2. The van der Waals surface area contributed by atoms with Crippen LogP contribution < -0.4 is 27.4 Å². The third-order valence-corrected chi connectivity index (χ3v) is 6.78. The number of aliphatic carboxylic acids is 1. The zero-order valence-electron chi connectivity index (χ0n) is 24.4. The summed E-state index contributed by atoms with van der Waals surface area (Å²) in [6.45, 7) is 2.20. The van der Waals surface area contributed by atoms with Crippen LogP contribution >= 0.6 is 0 Å². The average molecular weight is 628 g/mol. The molecule has 0 aliphatic heterocycles. The summed E-state index contributed by atoms with van der Waals surface area (Å²) in [4.78, 5) is 54.0. The number of H-pyrrole nitrogens is 1. The molecule has 1 atom stereocenters. The fraction of sp³-hybridized carbons (Fsp3) is 0.214. The van der Waals surface area contributed by atoms with Gasteiger partial charge in [-0.1, -0.05) is 11.6 Å². The van der Waals surface area contributed by atoms with E-state index in [-0.39, 0.29) is 60.5 Å². The van der Waals surface area contributed by atoms with Crippen LogP contribution in [0.3, 0.4) is 0 Å². The molecule has 2 amide bonds. The summed E-state index contributed by atoms with van der Waals surface area (Å²) in [5, 5.41) is 42.2. The summed E-state index contributed by atoms with van der Waals surface area (Å²) < 4.78 is 0. The van der Waals surface area contributed by atoms with E-state index in [9.17, 15) is 24.6 Å². The van der Waals surface area contributed by atoms with Crippen LogP contribution in [0.15, 0.2) is 42.6 Å². The van der Waals surface area contributed by atoms with Gasteiger partial charge < -0.3 is 37.6 Å². The highest BCUT2D eigenvalue weighted by Crippen LogP contribution is 2.24. The Labute approximate surface area is 260 Å². The second-order valence-electron chi connectivity index (χ2n) is 10.1. The van der Waals surface area contributed by atoms with Crippen molar-refractivity contribution >= 4 is 46.4 Å². The van der Waals surface area contributed by atoms with Crippen LogP contribution in [-0.2, 0) is 11.3 Å². The minimum Gasteiger partial charge on any atom is -0.507 e. The number of aromatic amines is 1. The number of nitrogens with zero attached hydrogens (tertiary/aromatic N) is 7. The highest BCUT2D eigenvalue weighted by atomic mass is 16.4. The molecule has 0 saturated heterocycles. The molecule has 0 radical (unpaired) electrons. The SMILES string of the molecule is Cc1ccc(C(=O)NCCC[C@H](NC(=O)c2ccc(NCc3cnc4nc(N)nc(N)c4n3)cc2O)C(=O)O)c(-c2nn[nH]n2)c1. The Bertz CT molecular complexity index is 1920. The Morgan fingerprint density at radius 3 is 2.57 bits per heavy atom. The predicted molar refractivity (Wildman–Crippen MR) is 164 cm³/mol. The maximum absolute atomic E-state index is 12.9. The van der Waals surface area contributed by atoms with Gasteiger partial charge in [-0.2, -0.15) is 15.2 Å². The van der Waals surface area contributed by atoms with Crippen LogP contribution in [0, 0.1) is 6.92 Å². The minimum atomic E-state index is -1.27. The molecule has 0 aliphatic carbocycles. The molecule has 10 N–H and O–H groups in total. The van der Waals surface area contributed by atoms with Gasteiger partial charge in [0, 0.05) is 23.9 Å². The second-order valence-corrected chi connectivity index (χ2v) is 10.1. The Morgan fingerprint density at radius 2 is 1.83 bits per heavy atom. The average Bonchev–Trinajstić information content (AvgIpc) is 3.56. The number of tetrazole rings is 1. The zero-order chi connectivity index (χ0) is 32.8. The van der Waals surface area contributed by atoms with Crippen molar-refractivity contribution in [3.63, 3.8) is 0 Å². The van der Waals surface area contributed by atoms with Crippen molar-refractivity contribution in [2.45, 2.75) is 32.4 Å². The van der Waals surface area contributed by atoms with E-state index in [0.717, 1.165) is 5.56 Å². The summed E-state index contributed by atoms with van der Waals surface area (Å²) in [6.07, 6.45) is 1.74. The van der Waals surface area contributed by atoms with Gasteiger partial charge in [-0.3, -0.25) is 9.59 Å². The number of nitrogens with one attached hydrogen (secondary N) is 4. The number of amides is 2. The van der Waals surface area contributed by atoms with E-state index < -0.39 is 23.8 Å². The highest BCUT2D eigenvalue weighted by molar-refractivity contribution is 6.00. The number of aromatic nitrogens is 8. The molecule has 0 bridgehead atoms. The predicted octanol–water partition coefficient (Wildman–Crippen LogP) is 0.784. The molecule has 236 valence electrons. The van der Waals surface area contributed by atoms with Gasteiger partial charge >= 0.3 is 5.97 Å². The number of hydrogen-bond acceptors (Lipinski definition) is 14. The molecule has 18 heteroatoms. The van der Waals surface area contributed by atoms with Crippen molar-refractivity contribution in [1.29, 1.82) is 0 Å². The number of phenols is 1. The summed E-state index contributed by atoms with van der Waals surface area (Å²) in [7, 11) is 0. The van der Waals surface area contributed by atoms with Gasteiger partial charge in [0.15, 0.2) is 17.0 Å². The quantitative estimate of drug-likeness (QED) is 0.0887. The van der Waals surface area contributed by atoms with Crippen molar-refractivity contribution in [2.24, 2.45) is 0 Å². The minimum absolute atomic E-state index is 0.0150. The number of carbonyl (C=O) groups excluding carboxylic acids is 2. The molecule has 46 heavy (non-hydrogen) atoms. The lowest BCUT2D eigenvalue weighted by atomic mass is 10.0. The highest BCUT2D eigenvalue weighted by Gasteiger charge is 2.23. The van der Waals surface area contributed by atoms with Gasteiger partial charge in [-0.15, -0.1) is 10.2 Å². The smallest absolute Gasteiger partial charge is 0.326 e. The van der Waals surface area contributed by atoms with Crippen LogP contribution in [0.5, 0.6) is 5.75 Å². The van der Waals surface area contributed by atoms with E-state index in [1.165, 1.54) is 18.3 Å². The molecule has 0 saturated carbocycles. The largest absolute Gasteiger partial charge is 0.507 e. The van der Waals surface area contributed by atoms with Gasteiger partial charge in [0.1, 0.15) is 11.8 Å². The fourth-order valence-electron chi connectivity index (χ4n) is 4.51. The number of aromatic hydroxyl groups is 1. The number of anilines is 3. The van der Waals surface area contributed by atoms with Gasteiger partial charge in [0.25, 0.3) is 11.8 Å². The molecule has 0 aliphatic rings. The lowest BCUT2D eigenvalue weighted by molar-refractivity contribution is -0.139. The summed E-state index contributed by atoms with van der Waals surface area (Å²) in [5.74, 6) is -2.47. The number of carboxylic acids is 1. The molecule has 0 unspecified atom stereocenters. The number of carboxylic acid groups (broad SMARTS) is 1. The molecule has 3 heterocycles. The molecule has 0 fully saturated rings. The maximum atomic E-state index is 12.9. The summed E-state index contributed by atoms with van der Waals surface area (Å²) >= 11 is 0. The fourth-order valence-corrected chi connectivity index (χ4v) is 4.51. The van der Waals surface area contributed by atoms with Gasteiger partial charge in [0.2, 0.25) is 11.8 Å². The zero-order valence-corrected chi connectivity index (χ0v) is 24.4. The third-order valence-electron chi connectivity index (χ3n) is 6.78. The molecule has 0 spiro atoms. The van der Waals surface area contributed by atoms with Crippen molar-refractivity contribution in [3.05, 3.63) is 65.0 Å². The lowest BCUT2D eigenvalue weighted by Crippen LogP contribution is -2.41. The topological polar surface area (TPSA) is 286 Å². The normalized spacial score (nSPS) is 11.6. The molecular weight excluding hydrogens is 598 g/mol. The molecule has 2 aromatic carbocycles. The van der Waals surface area contributed by atoms with Crippen molar-refractivity contribution in [2.75, 3.05) is 23.3 Å².